The SMILES string of the molecule is Cc1nccnc1NC[C@H]1C[C@H](c2nn(C)c(=O)n2C)C[C@H]1O. The molecule has 0 saturated heterocycles. The van der Waals surface area contributed by atoms with E-state index in [1.165, 1.54) is 4.68 Å². The topological polar surface area (TPSA) is 97.9 Å². The summed E-state index contributed by atoms with van der Waals surface area (Å²) in [6.45, 7) is 2.52. The van der Waals surface area contributed by atoms with Crippen LogP contribution in [0.5, 0.6) is 0 Å². The minimum atomic E-state index is -0.415. The first-order valence-electron chi connectivity index (χ1n) is 7.76. The Kier molecular flexibility index (Phi) is 4.16. The molecule has 1 saturated carbocycles. The molecule has 2 aromatic heterocycles. The van der Waals surface area contributed by atoms with Crippen LogP contribution in [0.3, 0.4) is 0 Å². The zero-order chi connectivity index (χ0) is 16.6. The molecule has 8 heteroatoms. The number of aliphatic hydroxyl groups excluding tert-OH is 1. The zero-order valence-electron chi connectivity index (χ0n) is 13.6. The zero-order valence-corrected chi connectivity index (χ0v) is 13.6. The van der Waals surface area contributed by atoms with Gasteiger partial charge in [-0.05, 0) is 19.8 Å². The Hall–Kier alpha value is -2.22. The fourth-order valence-corrected chi connectivity index (χ4v) is 3.28. The van der Waals surface area contributed by atoms with E-state index in [1.807, 2.05) is 6.92 Å². The van der Waals surface area contributed by atoms with Gasteiger partial charge in [-0.1, -0.05) is 0 Å². The van der Waals surface area contributed by atoms with Gasteiger partial charge >= 0.3 is 5.69 Å². The Morgan fingerprint density at radius 3 is 2.70 bits per heavy atom. The van der Waals surface area contributed by atoms with Crippen molar-refractivity contribution in [2.45, 2.75) is 31.8 Å². The minimum absolute atomic E-state index is 0.0958. The molecular weight excluding hydrogens is 296 g/mol. The summed E-state index contributed by atoms with van der Waals surface area (Å²) in [6.07, 6.45) is 4.30. The second kappa shape index (κ2) is 6.11. The third-order valence-corrected chi connectivity index (χ3v) is 4.60. The number of nitrogens with zero attached hydrogens (tertiary/aromatic N) is 5. The molecule has 8 nitrogen and oxygen atoms in total. The van der Waals surface area contributed by atoms with Gasteiger partial charge < -0.3 is 10.4 Å². The van der Waals surface area contributed by atoms with Gasteiger partial charge in [0.1, 0.15) is 11.6 Å². The van der Waals surface area contributed by atoms with Crippen molar-refractivity contribution in [3.8, 4) is 0 Å². The lowest BCUT2D eigenvalue weighted by atomic mass is 10.0. The highest BCUT2D eigenvalue weighted by Gasteiger charge is 2.36. The van der Waals surface area contributed by atoms with Crippen molar-refractivity contribution in [3.63, 3.8) is 0 Å². The summed E-state index contributed by atoms with van der Waals surface area (Å²) in [6, 6.07) is 0. The Labute approximate surface area is 134 Å². The van der Waals surface area contributed by atoms with Crippen LogP contribution in [0.1, 0.15) is 30.3 Å². The first-order valence-corrected chi connectivity index (χ1v) is 7.76. The molecule has 124 valence electrons. The lowest BCUT2D eigenvalue weighted by Gasteiger charge is -2.16. The first kappa shape index (κ1) is 15.7. The van der Waals surface area contributed by atoms with Crippen molar-refractivity contribution >= 4 is 5.82 Å². The van der Waals surface area contributed by atoms with E-state index in [1.54, 1.807) is 31.1 Å². The van der Waals surface area contributed by atoms with Crippen LogP contribution < -0.4 is 11.0 Å². The van der Waals surface area contributed by atoms with Crippen LogP contribution in [0.15, 0.2) is 17.2 Å². The number of aryl methyl sites for hydroxylation is 2. The molecule has 2 aromatic rings. The second-order valence-electron chi connectivity index (χ2n) is 6.19. The molecule has 23 heavy (non-hydrogen) atoms. The number of hydrogen-bond donors (Lipinski definition) is 2. The van der Waals surface area contributed by atoms with Crippen molar-refractivity contribution in [2.24, 2.45) is 20.0 Å². The third-order valence-electron chi connectivity index (χ3n) is 4.60. The number of nitrogens with one attached hydrogen (secondary N) is 1. The average molecular weight is 318 g/mol. The molecule has 0 radical (unpaired) electrons. The van der Waals surface area contributed by atoms with E-state index >= 15 is 0 Å². The van der Waals surface area contributed by atoms with E-state index in [9.17, 15) is 9.90 Å². The summed E-state index contributed by atoms with van der Waals surface area (Å²) in [5.74, 6) is 1.68. The molecule has 1 aliphatic rings. The molecule has 2 heterocycles. The van der Waals surface area contributed by atoms with Gasteiger partial charge in [-0.3, -0.25) is 9.55 Å². The maximum absolute atomic E-state index is 11.8. The van der Waals surface area contributed by atoms with E-state index < -0.39 is 6.10 Å². The molecule has 0 bridgehead atoms. The Balaban J connectivity index is 1.68. The highest BCUT2D eigenvalue weighted by molar-refractivity contribution is 5.38. The van der Waals surface area contributed by atoms with Crippen LogP contribution >= 0.6 is 0 Å². The van der Waals surface area contributed by atoms with Gasteiger partial charge in [0, 0.05) is 44.9 Å². The predicted octanol–water partition coefficient (Wildman–Crippen LogP) is 0.184. The van der Waals surface area contributed by atoms with Crippen molar-refractivity contribution in [1.29, 1.82) is 0 Å². The van der Waals surface area contributed by atoms with E-state index in [4.69, 9.17) is 0 Å². The highest BCUT2D eigenvalue weighted by Crippen LogP contribution is 2.37. The molecule has 0 unspecified atom stereocenters. The summed E-state index contributed by atoms with van der Waals surface area (Å²) in [7, 11) is 3.37. The molecule has 0 aromatic carbocycles. The lowest BCUT2D eigenvalue weighted by Crippen LogP contribution is -2.22. The van der Waals surface area contributed by atoms with Crippen LogP contribution in [0.2, 0.25) is 0 Å². The summed E-state index contributed by atoms with van der Waals surface area (Å²) in [5, 5.41) is 17.9. The fourth-order valence-electron chi connectivity index (χ4n) is 3.28. The number of aromatic nitrogens is 5. The Bertz CT molecular complexity index is 753. The smallest absolute Gasteiger partial charge is 0.345 e. The Morgan fingerprint density at radius 2 is 2.04 bits per heavy atom. The molecule has 1 aliphatic carbocycles. The fraction of sp³-hybridized carbons (Fsp3) is 0.600. The van der Waals surface area contributed by atoms with Gasteiger partial charge in [-0.2, -0.15) is 5.10 Å². The lowest BCUT2D eigenvalue weighted by molar-refractivity contribution is 0.137. The van der Waals surface area contributed by atoms with E-state index in [-0.39, 0.29) is 17.5 Å². The van der Waals surface area contributed by atoms with Crippen molar-refractivity contribution in [3.05, 3.63) is 34.4 Å². The van der Waals surface area contributed by atoms with E-state index in [0.29, 0.717) is 13.0 Å². The summed E-state index contributed by atoms with van der Waals surface area (Å²) < 4.78 is 2.91. The number of anilines is 1. The Morgan fingerprint density at radius 1 is 1.30 bits per heavy atom. The van der Waals surface area contributed by atoms with Gasteiger partial charge in [-0.25, -0.2) is 14.5 Å². The summed E-state index contributed by atoms with van der Waals surface area (Å²) >= 11 is 0. The van der Waals surface area contributed by atoms with Crippen LogP contribution in [-0.4, -0.2) is 42.1 Å². The number of aliphatic hydroxyl groups is 1. The molecule has 0 amide bonds. The monoisotopic (exact) mass is 318 g/mol. The predicted molar refractivity (Wildman–Crippen MR) is 85.2 cm³/mol. The van der Waals surface area contributed by atoms with Crippen LogP contribution in [0.25, 0.3) is 0 Å². The van der Waals surface area contributed by atoms with Gasteiger partial charge in [0.2, 0.25) is 0 Å². The van der Waals surface area contributed by atoms with Crippen molar-refractivity contribution in [2.75, 3.05) is 11.9 Å². The molecule has 2 N–H and O–H groups in total. The molecule has 0 spiro atoms. The van der Waals surface area contributed by atoms with Crippen LogP contribution in [0, 0.1) is 12.8 Å². The van der Waals surface area contributed by atoms with Gasteiger partial charge in [0.05, 0.1) is 11.8 Å². The number of rotatable bonds is 4. The van der Waals surface area contributed by atoms with E-state index in [0.717, 1.165) is 23.8 Å². The highest BCUT2D eigenvalue weighted by atomic mass is 16.3. The first-order chi connectivity index (χ1) is 11.0. The summed E-state index contributed by atoms with van der Waals surface area (Å²) in [5.41, 5.74) is 0.704. The van der Waals surface area contributed by atoms with Crippen molar-refractivity contribution < 1.29 is 5.11 Å². The largest absolute Gasteiger partial charge is 0.393 e. The summed E-state index contributed by atoms with van der Waals surface area (Å²) in [4.78, 5) is 20.3. The van der Waals surface area contributed by atoms with Gasteiger partial charge in [0.15, 0.2) is 0 Å². The van der Waals surface area contributed by atoms with Gasteiger partial charge in [-0.15, -0.1) is 0 Å². The number of hydrogen-bond acceptors (Lipinski definition) is 6. The normalized spacial score (nSPS) is 24.1. The standard InChI is InChI=1S/C15H22N6O2/c1-9-13(17-5-4-16-9)18-8-11-6-10(7-12(11)22)14-19-21(3)15(23)20(14)2/h4-5,10-12,22H,6-8H2,1-3H3,(H,17,18)/t10-,11+,12+/m0/s1. The second-order valence-corrected chi connectivity index (χ2v) is 6.19. The molecule has 1 fully saturated rings. The molecule has 0 aliphatic heterocycles. The van der Waals surface area contributed by atoms with Crippen LogP contribution in [-0.2, 0) is 14.1 Å². The minimum Gasteiger partial charge on any atom is -0.393 e. The van der Waals surface area contributed by atoms with Crippen LogP contribution in [0.4, 0.5) is 5.82 Å². The average Bonchev–Trinajstić information content (AvgIpc) is 3.01. The van der Waals surface area contributed by atoms with E-state index in [2.05, 4.69) is 20.4 Å². The maximum Gasteiger partial charge on any atom is 0.345 e. The third kappa shape index (κ3) is 2.98. The quantitative estimate of drug-likeness (QED) is 0.835. The molecule has 3 atom stereocenters. The van der Waals surface area contributed by atoms with Gasteiger partial charge in [0.25, 0.3) is 0 Å². The maximum atomic E-state index is 11.8. The molecular formula is C15H22N6O2. The molecule has 3 rings (SSSR count). The van der Waals surface area contributed by atoms with Crippen molar-refractivity contribution in [1.82, 2.24) is 24.3 Å².